The van der Waals surface area contributed by atoms with Gasteiger partial charge in [-0.1, -0.05) is 30.3 Å². The largest absolute Gasteiger partial charge is 0.481 e. The molecule has 0 bridgehead atoms. The van der Waals surface area contributed by atoms with E-state index in [0.717, 1.165) is 60.8 Å². The van der Waals surface area contributed by atoms with Crippen LogP contribution in [-0.4, -0.2) is 93.2 Å². The van der Waals surface area contributed by atoms with E-state index in [-0.39, 0.29) is 0 Å². The fourth-order valence-corrected chi connectivity index (χ4v) is 1.59. The number of nitrogens with one attached hydrogen (secondary N) is 1. The van der Waals surface area contributed by atoms with Crippen molar-refractivity contribution in [2.45, 2.75) is 48.1 Å². The molecule has 0 fully saturated rings. The molecule has 0 aliphatic heterocycles. The average Bonchev–Trinajstić information content (AvgIpc) is 2.70. The van der Waals surface area contributed by atoms with Crippen LogP contribution in [-0.2, 0) is 35.4 Å². The lowest BCUT2D eigenvalue weighted by molar-refractivity contribution is -0.160. The Morgan fingerprint density at radius 3 is 1.41 bits per heavy atom. The number of aliphatic carboxylic acids is 5. The molecule has 0 heterocycles. The molecule has 1 aromatic carbocycles. The Kier molecular flexibility index (Phi) is 40.6. The highest BCUT2D eigenvalue weighted by Crippen LogP contribution is 2.04. The van der Waals surface area contributed by atoms with E-state index in [1.807, 2.05) is 30.2 Å². The van der Waals surface area contributed by atoms with E-state index in [2.05, 4.69) is 17.4 Å². The van der Waals surface area contributed by atoms with Crippen molar-refractivity contribution in [1.82, 2.24) is 10.4 Å². The summed E-state index contributed by atoms with van der Waals surface area (Å²) in [5.74, 6) is -4.17. The normalized spacial score (nSPS) is 8.43. The summed E-state index contributed by atoms with van der Waals surface area (Å²) in [6.07, 6.45) is 0. The van der Waals surface area contributed by atoms with Crippen LogP contribution in [0.2, 0.25) is 0 Å². The highest BCUT2D eigenvalue weighted by molar-refractivity contribution is 5.63. The van der Waals surface area contributed by atoms with Crippen LogP contribution in [0, 0.1) is 0 Å². The molecule has 0 unspecified atom stereocenters. The molecule has 1 rings (SSSR count). The first kappa shape index (κ1) is 43.5. The molecule has 0 aromatic heterocycles. The molecule has 37 heavy (non-hydrogen) atoms. The van der Waals surface area contributed by atoms with Crippen LogP contribution in [0.1, 0.15) is 47.1 Å². The number of nitrogens with zero attached hydrogens (tertiary/aromatic N) is 1. The SMILES string of the molecule is CC(=O)O.CC(=O)O.CC(=O)O.CC(=O)O.CC(=O)O.CCON(CCNCCN)Cc1ccccc1. The molecule has 0 radical (unpaired) electrons. The standard InChI is InChI=1S/C13H23N3O.5C2H4O2/c1-2-17-16(11-10-15-9-8-14)12-13-6-4-3-5-7-13;5*1-2(3)4/h3-7,15H,2,8-12,14H2,1H3;5*1H3,(H,3,4). The van der Waals surface area contributed by atoms with Crippen molar-refractivity contribution < 1.29 is 54.3 Å². The summed E-state index contributed by atoms with van der Waals surface area (Å²) in [6.45, 7) is 12.2. The van der Waals surface area contributed by atoms with Gasteiger partial charge in [0, 0.05) is 67.3 Å². The minimum atomic E-state index is -0.833. The summed E-state index contributed by atoms with van der Waals surface area (Å²) in [6, 6.07) is 10.3. The first-order valence-corrected chi connectivity index (χ1v) is 10.8. The summed E-state index contributed by atoms with van der Waals surface area (Å²) in [5.41, 5.74) is 6.68. The number of carbonyl (C=O) groups is 5. The lowest BCUT2D eigenvalue weighted by atomic mass is 10.2. The third kappa shape index (κ3) is 98.9. The molecule has 14 nitrogen and oxygen atoms in total. The predicted octanol–water partition coefficient (Wildman–Crippen LogP) is 1.44. The van der Waals surface area contributed by atoms with Crippen LogP contribution < -0.4 is 11.1 Å². The van der Waals surface area contributed by atoms with Gasteiger partial charge >= 0.3 is 0 Å². The molecule has 0 aliphatic rings. The van der Waals surface area contributed by atoms with Crippen molar-refractivity contribution in [3.8, 4) is 0 Å². The average molecular weight is 538 g/mol. The maximum atomic E-state index is 9.00. The summed E-state index contributed by atoms with van der Waals surface area (Å²) in [7, 11) is 0. The first-order valence-electron chi connectivity index (χ1n) is 10.8. The summed E-state index contributed by atoms with van der Waals surface area (Å²) in [5, 5.41) is 42.3. The maximum absolute atomic E-state index is 9.00. The van der Waals surface area contributed by atoms with Gasteiger partial charge in [0.15, 0.2) is 0 Å². The predicted molar refractivity (Wildman–Crippen MR) is 137 cm³/mol. The maximum Gasteiger partial charge on any atom is 0.300 e. The quantitative estimate of drug-likeness (QED) is 0.174. The molecule has 0 spiro atoms. The lowest BCUT2D eigenvalue weighted by Gasteiger charge is -2.21. The first-order chi connectivity index (χ1) is 17.0. The molecule has 0 saturated heterocycles. The molecule has 1 aromatic rings. The third-order valence-electron chi connectivity index (χ3n) is 2.37. The van der Waals surface area contributed by atoms with Crippen molar-refractivity contribution in [1.29, 1.82) is 0 Å². The van der Waals surface area contributed by atoms with Gasteiger partial charge in [-0.2, -0.15) is 5.06 Å². The van der Waals surface area contributed by atoms with Gasteiger partial charge in [-0.15, -0.1) is 0 Å². The number of hydroxylamine groups is 2. The highest BCUT2D eigenvalue weighted by atomic mass is 16.7. The fourth-order valence-electron chi connectivity index (χ4n) is 1.59. The van der Waals surface area contributed by atoms with E-state index in [1.54, 1.807) is 0 Å². The molecule has 0 aliphatic carbocycles. The van der Waals surface area contributed by atoms with Gasteiger partial charge in [-0.3, -0.25) is 28.8 Å². The lowest BCUT2D eigenvalue weighted by Crippen LogP contribution is -2.34. The smallest absolute Gasteiger partial charge is 0.300 e. The highest BCUT2D eigenvalue weighted by Gasteiger charge is 2.04. The van der Waals surface area contributed by atoms with Crippen LogP contribution in [0.25, 0.3) is 0 Å². The van der Waals surface area contributed by atoms with Gasteiger partial charge in [0.1, 0.15) is 0 Å². The Labute approximate surface area is 217 Å². The van der Waals surface area contributed by atoms with E-state index in [9.17, 15) is 0 Å². The summed E-state index contributed by atoms with van der Waals surface area (Å²) < 4.78 is 0. The van der Waals surface area contributed by atoms with Crippen LogP contribution in [0.5, 0.6) is 0 Å². The topological polar surface area (TPSA) is 237 Å². The number of nitrogens with two attached hydrogens (primary N) is 1. The van der Waals surface area contributed by atoms with Gasteiger partial charge in [0.05, 0.1) is 6.61 Å². The Morgan fingerprint density at radius 1 is 0.757 bits per heavy atom. The number of hydrogen-bond acceptors (Lipinski definition) is 9. The zero-order valence-corrected chi connectivity index (χ0v) is 22.3. The van der Waals surface area contributed by atoms with E-state index in [0.29, 0.717) is 13.2 Å². The molecule has 0 atom stereocenters. The van der Waals surface area contributed by atoms with E-state index >= 15 is 0 Å². The van der Waals surface area contributed by atoms with Crippen molar-refractivity contribution in [3.05, 3.63) is 35.9 Å². The fraction of sp³-hybridized carbons (Fsp3) is 0.522. The van der Waals surface area contributed by atoms with Gasteiger partial charge in [0.25, 0.3) is 29.8 Å². The Hall–Kier alpha value is -3.59. The number of benzene rings is 1. The zero-order valence-electron chi connectivity index (χ0n) is 22.3. The van der Waals surface area contributed by atoms with Gasteiger partial charge in [0.2, 0.25) is 0 Å². The minimum absolute atomic E-state index is 0.674. The van der Waals surface area contributed by atoms with E-state index < -0.39 is 29.8 Å². The molecular formula is C23H43N3O11. The second kappa shape index (κ2) is 34.6. The third-order valence-corrected chi connectivity index (χ3v) is 2.37. The van der Waals surface area contributed by atoms with Crippen LogP contribution in [0.4, 0.5) is 0 Å². The molecule has 216 valence electrons. The molecule has 0 saturated carbocycles. The second-order valence-electron chi connectivity index (χ2n) is 6.40. The van der Waals surface area contributed by atoms with Crippen molar-refractivity contribution in [3.63, 3.8) is 0 Å². The van der Waals surface area contributed by atoms with Gasteiger partial charge in [-0.25, -0.2) is 0 Å². The zero-order chi connectivity index (χ0) is 30.2. The molecule has 8 N–H and O–H groups in total. The number of rotatable bonds is 9. The summed E-state index contributed by atoms with van der Waals surface area (Å²) in [4.78, 5) is 50.6. The van der Waals surface area contributed by atoms with Crippen LogP contribution in [0.15, 0.2) is 30.3 Å². The Balaban J connectivity index is -0.000000139. The van der Waals surface area contributed by atoms with Gasteiger partial charge in [-0.05, 0) is 12.5 Å². The second-order valence-corrected chi connectivity index (χ2v) is 6.40. The van der Waals surface area contributed by atoms with Crippen molar-refractivity contribution in [2.24, 2.45) is 5.73 Å². The van der Waals surface area contributed by atoms with Crippen LogP contribution in [0.3, 0.4) is 0 Å². The minimum Gasteiger partial charge on any atom is -0.481 e. The van der Waals surface area contributed by atoms with Crippen molar-refractivity contribution >= 4 is 29.8 Å². The van der Waals surface area contributed by atoms with Gasteiger partial charge < -0.3 is 36.6 Å². The van der Waals surface area contributed by atoms with E-state index in [4.69, 9.17) is 60.1 Å². The Bertz CT molecular complexity index is 613. The Morgan fingerprint density at radius 2 is 1.11 bits per heavy atom. The number of carboxylic acids is 5. The molecule has 0 amide bonds. The number of carboxylic acid groups (broad SMARTS) is 5. The molecular weight excluding hydrogens is 494 g/mol. The number of hydrogen-bond donors (Lipinski definition) is 7. The van der Waals surface area contributed by atoms with Crippen LogP contribution >= 0.6 is 0 Å². The molecule has 14 heteroatoms. The van der Waals surface area contributed by atoms with Crippen molar-refractivity contribution in [2.75, 3.05) is 32.8 Å². The monoisotopic (exact) mass is 537 g/mol. The van der Waals surface area contributed by atoms with E-state index in [1.165, 1.54) is 5.56 Å². The summed E-state index contributed by atoms with van der Waals surface area (Å²) >= 11 is 0.